The molecule has 0 aliphatic rings. The molecule has 1 aromatic rings. The van der Waals surface area contributed by atoms with E-state index in [1.54, 1.807) is 6.07 Å². The molecular formula is C18H32N2O5. The van der Waals surface area contributed by atoms with Gasteiger partial charge in [0.2, 0.25) is 0 Å². The topological polar surface area (TPSA) is 125 Å². The van der Waals surface area contributed by atoms with Crippen molar-refractivity contribution in [2.24, 2.45) is 0 Å². The Morgan fingerprint density at radius 1 is 0.840 bits per heavy atom. The first-order valence-electron chi connectivity index (χ1n) is 8.92. The number of hydrogen-bond acceptors (Lipinski definition) is 7. The smallest absolute Gasteiger partial charge is 0.164 e. The van der Waals surface area contributed by atoms with Crippen molar-refractivity contribution in [1.82, 2.24) is 10.6 Å². The Hall–Kier alpha value is -1.22. The number of hydrogen-bond donors (Lipinski definition) is 7. The summed E-state index contributed by atoms with van der Waals surface area (Å²) in [5.41, 5.74) is 2.71. The van der Waals surface area contributed by atoms with Crippen LogP contribution in [0.3, 0.4) is 0 Å². The van der Waals surface area contributed by atoms with Crippen LogP contribution in [0.1, 0.15) is 49.3 Å². The van der Waals surface area contributed by atoms with E-state index in [0.29, 0.717) is 18.7 Å². The summed E-state index contributed by atoms with van der Waals surface area (Å²) in [6.07, 6.45) is 2.54. The van der Waals surface area contributed by atoms with Crippen LogP contribution in [0, 0.1) is 0 Å². The summed E-state index contributed by atoms with van der Waals surface area (Å²) < 4.78 is 0. The fraction of sp³-hybridized carbons (Fsp3) is 0.667. The van der Waals surface area contributed by atoms with E-state index in [-0.39, 0.29) is 18.8 Å². The second kappa shape index (κ2) is 12.2. The molecule has 1 aromatic carbocycles. The second-order valence-corrected chi connectivity index (χ2v) is 6.23. The van der Waals surface area contributed by atoms with E-state index in [1.165, 1.54) is 6.42 Å². The fourth-order valence-corrected chi connectivity index (χ4v) is 2.78. The second-order valence-electron chi connectivity index (χ2n) is 6.23. The van der Waals surface area contributed by atoms with E-state index in [4.69, 9.17) is 20.4 Å². The Morgan fingerprint density at radius 3 is 2.00 bits per heavy atom. The van der Waals surface area contributed by atoms with Crippen molar-refractivity contribution in [3.05, 3.63) is 28.8 Å². The maximum absolute atomic E-state index is 10.2. The lowest BCUT2D eigenvalue weighted by Gasteiger charge is -2.18. The number of unbranched alkanes of at least 4 members (excludes halogenated alkanes) is 3. The maximum Gasteiger partial charge on any atom is 0.164 e. The third-order valence-electron chi connectivity index (χ3n) is 4.06. The Labute approximate surface area is 149 Å². The summed E-state index contributed by atoms with van der Waals surface area (Å²) in [4.78, 5) is 0. The minimum Gasteiger partial charge on any atom is -0.508 e. The fourth-order valence-electron chi connectivity index (χ4n) is 2.78. The highest BCUT2D eigenvalue weighted by atomic mass is 16.5. The largest absolute Gasteiger partial charge is 0.508 e. The molecule has 0 radical (unpaired) electrons. The molecule has 0 saturated carbocycles. The molecule has 0 aliphatic heterocycles. The Morgan fingerprint density at radius 2 is 1.44 bits per heavy atom. The zero-order chi connectivity index (χ0) is 18.7. The molecule has 0 saturated heterocycles. The lowest BCUT2D eigenvalue weighted by Crippen LogP contribution is -2.29. The maximum atomic E-state index is 10.2. The summed E-state index contributed by atoms with van der Waals surface area (Å²) in [6, 6.07) is 3.56. The van der Waals surface area contributed by atoms with Crippen LogP contribution in [0.4, 0.5) is 0 Å². The number of aryl methyl sites for hydroxylation is 1. The molecule has 7 N–H and O–H groups in total. The van der Waals surface area contributed by atoms with Gasteiger partial charge >= 0.3 is 0 Å². The number of phenols is 1. The Kier molecular flexibility index (Phi) is 10.6. The normalized spacial score (nSPS) is 11.6. The SMILES string of the molecule is CCCCCCc1ccc(O)c(CNCC(O)O)c1CNCC(O)O. The lowest BCUT2D eigenvalue weighted by molar-refractivity contribution is -0.0383. The van der Waals surface area contributed by atoms with Crippen molar-refractivity contribution < 1.29 is 25.5 Å². The Bertz CT molecular complexity index is 495. The van der Waals surface area contributed by atoms with Crippen molar-refractivity contribution in [2.45, 2.75) is 64.7 Å². The Balaban J connectivity index is 2.88. The molecule has 25 heavy (non-hydrogen) atoms. The van der Waals surface area contributed by atoms with Crippen LogP contribution in [-0.2, 0) is 19.5 Å². The van der Waals surface area contributed by atoms with E-state index in [2.05, 4.69) is 17.6 Å². The van der Waals surface area contributed by atoms with Gasteiger partial charge in [0, 0.05) is 31.7 Å². The molecule has 0 amide bonds. The van der Waals surface area contributed by atoms with E-state index >= 15 is 0 Å². The monoisotopic (exact) mass is 356 g/mol. The van der Waals surface area contributed by atoms with Crippen LogP contribution in [0.5, 0.6) is 5.75 Å². The highest BCUT2D eigenvalue weighted by molar-refractivity contribution is 5.44. The van der Waals surface area contributed by atoms with Gasteiger partial charge in [0.25, 0.3) is 0 Å². The third kappa shape index (κ3) is 8.62. The van der Waals surface area contributed by atoms with Crippen LogP contribution < -0.4 is 10.6 Å². The molecule has 7 heteroatoms. The van der Waals surface area contributed by atoms with Crippen molar-refractivity contribution in [3.8, 4) is 5.75 Å². The van der Waals surface area contributed by atoms with Gasteiger partial charge in [-0.15, -0.1) is 0 Å². The summed E-state index contributed by atoms with van der Waals surface area (Å²) in [6.45, 7) is 2.89. The first kappa shape index (κ1) is 21.8. The molecule has 0 fully saturated rings. The van der Waals surface area contributed by atoms with Gasteiger partial charge in [0.1, 0.15) is 5.75 Å². The van der Waals surface area contributed by atoms with Crippen molar-refractivity contribution in [1.29, 1.82) is 0 Å². The van der Waals surface area contributed by atoms with E-state index in [9.17, 15) is 5.11 Å². The summed E-state index contributed by atoms with van der Waals surface area (Å²) in [7, 11) is 0. The predicted octanol–water partition coefficient (Wildman–Crippen LogP) is 0.316. The molecule has 0 spiro atoms. The van der Waals surface area contributed by atoms with Crippen molar-refractivity contribution >= 4 is 0 Å². The standard InChI is InChI=1S/C18H32N2O5/c1-2-3-4-5-6-13-7-8-16(21)15(10-20-12-18(24)25)14(13)9-19-11-17(22)23/h7-8,17-25H,2-6,9-12H2,1H3. The number of rotatable bonds is 13. The van der Waals surface area contributed by atoms with Gasteiger partial charge in [-0.25, -0.2) is 0 Å². The molecule has 0 bridgehead atoms. The zero-order valence-corrected chi connectivity index (χ0v) is 14.9. The summed E-state index contributed by atoms with van der Waals surface area (Å²) >= 11 is 0. The van der Waals surface area contributed by atoms with Crippen LogP contribution in [0.15, 0.2) is 12.1 Å². The van der Waals surface area contributed by atoms with Gasteiger partial charge in [-0.05, 0) is 30.0 Å². The number of aliphatic hydroxyl groups is 4. The summed E-state index contributed by atoms with van der Waals surface area (Å²) in [5.74, 6) is 0.138. The molecular weight excluding hydrogens is 324 g/mol. The molecule has 144 valence electrons. The number of aliphatic hydroxyl groups excluding tert-OH is 2. The number of phenolic OH excluding ortho intramolecular Hbond substituents is 1. The molecule has 0 aromatic heterocycles. The quantitative estimate of drug-likeness (QED) is 0.200. The summed E-state index contributed by atoms with van der Waals surface area (Å²) in [5, 5.41) is 52.0. The molecule has 7 nitrogen and oxygen atoms in total. The van der Waals surface area contributed by atoms with Gasteiger partial charge in [-0.2, -0.15) is 0 Å². The van der Waals surface area contributed by atoms with E-state index in [0.717, 1.165) is 36.8 Å². The van der Waals surface area contributed by atoms with Crippen molar-refractivity contribution in [2.75, 3.05) is 13.1 Å². The van der Waals surface area contributed by atoms with E-state index in [1.807, 2.05) is 6.07 Å². The third-order valence-corrected chi connectivity index (χ3v) is 4.06. The number of benzene rings is 1. The minimum absolute atomic E-state index is 0.00237. The van der Waals surface area contributed by atoms with Crippen LogP contribution >= 0.6 is 0 Å². The first-order valence-corrected chi connectivity index (χ1v) is 8.92. The van der Waals surface area contributed by atoms with Crippen molar-refractivity contribution in [3.63, 3.8) is 0 Å². The highest BCUT2D eigenvalue weighted by Gasteiger charge is 2.14. The molecule has 1 rings (SSSR count). The molecule has 0 heterocycles. The van der Waals surface area contributed by atoms with Crippen LogP contribution in [0.25, 0.3) is 0 Å². The van der Waals surface area contributed by atoms with Gasteiger partial charge in [-0.3, -0.25) is 0 Å². The molecule has 0 atom stereocenters. The van der Waals surface area contributed by atoms with E-state index < -0.39 is 12.6 Å². The zero-order valence-electron chi connectivity index (χ0n) is 14.9. The average Bonchev–Trinajstić information content (AvgIpc) is 2.55. The first-order chi connectivity index (χ1) is 12.0. The lowest BCUT2D eigenvalue weighted by atomic mass is 9.95. The number of aromatic hydroxyl groups is 1. The van der Waals surface area contributed by atoms with Crippen LogP contribution in [0.2, 0.25) is 0 Å². The average molecular weight is 356 g/mol. The van der Waals surface area contributed by atoms with Gasteiger partial charge in [-0.1, -0.05) is 32.3 Å². The van der Waals surface area contributed by atoms with Gasteiger partial charge < -0.3 is 36.2 Å². The molecule has 0 unspecified atom stereocenters. The van der Waals surface area contributed by atoms with Gasteiger partial charge in [0.15, 0.2) is 12.6 Å². The minimum atomic E-state index is -1.45. The van der Waals surface area contributed by atoms with Gasteiger partial charge in [0.05, 0.1) is 0 Å². The van der Waals surface area contributed by atoms with Crippen LogP contribution in [-0.4, -0.2) is 51.2 Å². The molecule has 0 aliphatic carbocycles. The highest BCUT2D eigenvalue weighted by Crippen LogP contribution is 2.26. The number of nitrogens with one attached hydrogen (secondary N) is 2. The predicted molar refractivity (Wildman–Crippen MR) is 95.8 cm³/mol.